The molecule has 0 saturated heterocycles. The van der Waals surface area contributed by atoms with E-state index >= 15 is 0 Å². The Labute approximate surface area is 169 Å². The topological polar surface area (TPSA) is 76.2 Å². The second kappa shape index (κ2) is 6.81. The van der Waals surface area contributed by atoms with Crippen molar-refractivity contribution in [3.63, 3.8) is 0 Å². The highest BCUT2D eigenvalue weighted by Crippen LogP contribution is 2.28. The van der Waals surface area contributed by atoms with Crippen LogP contribution in [-0.2, 0) is 6.54 Å². The minimum atomic E-state index is 0.441. The summed E-state index contributed by atoms with van der Waals surface area (Å²) >= 11 is 0. The summed E-state index contributed by atoms with van der Waals surface area (Å²) in [5.41, 5.74) is 4.72. The van der Waals surface area contributed by atoms with Crippen LogP contribution in [0.4, 0.5) is 5.95 Å². The number of nitrogens with one attached hydrogen (secondary N) is 1. The molecule has 150 valence electrons. The van der Waals surface area contributed by atoms with Gasteiger partial charge in [0, 0.05) is 30.4 Å². The lowest BCUT2D eigenvalue weighted by atomic mass is 9.86. The van der Waals surface area contributed by atoms with Gasteiger partial charge < -0.3 is 14.8 Å². The first-order valence-electron chi connectivity index (χ1n) is 10.1. The van der Waals surface area contributed by atoms with Crippen LogP contribution >= 0.6 is 0 Å². The smallest absolute Gasteiger partial charge is 0.241 e. The summed E-state index contributed by atoms with van der Waals surface area (Å²) in [6.45, 7) is 4.98. The number of nitrogens with zero attached hydrogens (tertiary/aromatic N) is 7. The van der Waals surface area contributed by atoms with Crippen LogP contribution < -0.4 is 5.32 Å². The zero-order valence-corrected chi connectivity index (χ0v) is 17.3. The SMILES string of the molecule is CCn1c(C)nc2ccc(-c3ccn4nc(NC5CC(N(C)C)C5)ncc34)nc21. The molecule has 0 bridgehead atoms. The highest BCUT2D eigenvalue weighted by molar-refractivity contribution is 5.82. The van der Waals surface area contributed by atoms with Crippen LogP contribution in [0.3, 0.4) is 0 Å². The van der Waals surface area contributed by atoms with Crippen molar-refractivity contribution < 1.29 is 0 Å². The van der Waals surface area contributed by atoms with Crippen molar-refractivity contribution >= 4 is 22.6 Å². The summed E-state index contributed by atoms with van der Waals surface area (Å²) in [5, 5.41) is 8.10. The number of pyridine rings is 1. The molecule has 0 aromatic carbocycles. The highest BCUT2D eigenvalue weighted by atomic mass is 15.3. The van der Waals surface area contributed by atoms with Gasteiger partial charge in [-0.05, 0) is 59.0 Å². The first-order valence-corrected chi connectivity index (χ1v) is 10.1. The number of rotatable bonds is 5. The molecule has 0 atom stereocenters. The molecule has 0 spiro atoms. The number of fused-ring (bicyclic) bond motifs is 2. The van der Waals surface area contributed by atoms with Crippen LogP contribution in [0.1, 0.15) is 25.6 Å². The molecule has 1 aliphatic rings. The third-order valence-electron chi connectivity index (χ3n) is 5.97. The second-order valence-corrected chi connectivity index (χ2v) is 8.01. The zero-order chi connectivity index (χ0) is 20.1. The fourth-order valence-electron chi connectivity index (χ4n) is 4.14. The fourth-order valence-corrected chi connectivity index (χ4v) is 4.14. The van der Waals surface area contributed by atoms with Crippen LogP contribution in [0, 0.1) is 6.92 Å². The number of hydrogen-bond acceptors (Lipinski definition) is 6. The van der Waals surface area contributed by atoms with Crippen molar-refractivity contribution in [1.82, 2.24) is 34.0 Å². The highest BCUT2D eigenvalue weighted by Gasteiger charge is 2.31. The lowest BCUT2D eigenvalue weighted by molar-refractivity contribution is 0.177. The predicted molar refractivity (Wildman–Crippen MR) is 114 cm³/mol. The number of anilines is 1. The summed E-state index contributed by atoms with van der Waals surface area (Å²) in [6, 6.07) is 7.19. The molecule has 4 aromatic rings. The van der Waals surface area contributed by atoms with Gasteiger partial charge in [0.15, 0.2) is 5.65 Å². The van der Waals surface area contributed by atoms with Crippen LogP contribution in [0.15, 0.2) is 30.6 Å². The summed E-state index contributed by atoms with van der Waals surface area (Å²) < 4.78 is 4.01. The number of hydrogen-bond donors (Lipinski definition) is 1. The Bertz CT molecular complexity index is 1180. The quantitative estimate of drug-likeness (QED) is 0.565. The van der Waals surface area contributed by atoms with Crippen molar-refractivity contribution in [2.45, 2.75) is 45.3 Å². The van der Waals surface area contributed by atoms with E-state index < -0.39 is 0 Å². The average Bonchev–Trinajstić information content (AvgIpc) is 3.22. The standard InChI is InChI=1S/C21H26N8/c1-5-28-13(2)23-18-7-6-17(25-20(18)28)16-8-9-29-19(16)12-22-21(26-29)24-14-10-15(11-14)27(3)4/h6-9,12,14-15H,5,10-11H2,1-4H3,(H,24,26). The molecule has 0 radical (unpaired) electrons. The lowest BCUT2D eigenvalue weighted by Gasteiger charge is -2.39. The van der Waals surface area contributed by atoms with Crippen LogP contribution in [0.25, 0.3) is 27.9 Å². The normalized spacial score (nSPS) is 19.2. The summed E-state index contributed by atoms with van der Waals surface area (Å²) in [6.07, 6.45) is 6.09. The Morgan fingerprint density at radius 1 is 1.17 bits per heavy atom. The largest absolute Gasteiger partial charge is 0.350 e. The molecule has 4 aromatic heterocycles. The lowest BCUT2D eigenvalue weighted by Crippen LogP contribution is -2.47. The molecule has 0 aliphatic heterocycles. The zero-order valence-electron chi connectivity index (χ0n) is 17.3. The second-order valence-electron chi connectivity index (χ2n) is 8.01. The van der Waals surface area contributed by atoms with Crippen molar-refractivity contribution in [3.8, 4) is 11.3 Å². The van der Waals surface area contributed by atoms with E-state index in [1.54, 1.807) is 0 Å². The first-order chi connectivity index (χ1) is 14.0. The molecule has 1 fully saturated rings. The molecule has 1 aliphatic carbocycles. The Morgan fingerprint density at radius 2 is 2.00 bits per heavy atom. The number of imidazole rings is 1. The third-order valence-corrected chi connectivity index (χ3v) is 5.97. The van der Waals surface area contributed by atoms with E-state index in [0.29, 0.717) is 18.0 Å². The molecule has 0 unspecified atom stereocenters. The van der Waals surface area contributed by atoms with Gasteiger partial charge in [-0.3, -0.25) is 0 Å². The van der Waals surface area contributed by atoms with Gasteiger partial charge in [0.25, 0.3) is 0 Å². The summed E-state index contributed by atoms with van der Waals surface area (Å²) in [4.78, 5) is 16.3. The Hall–Kier alpha value is -3.00. The van der Waals surface area contributed by atoms with Crippen LogP contribution in [-0.4, -0.2) is 60.2 Å². The Morgan fingerprint density at radius 3 is 2.76 bits per heavy atom. The molecule has 8 nitrogen and oxygen atoms in total. The van der Waals surface area contributed by atoms with Gasteiger partial charge in [-0.2, -0.15) is 0 Å². The third kappa shape index (κ3) is 3.04. The van der Waals surface area contributed by atoms with Crippen molar-refractivity contribution in [2.75, 3.05) is 19.4 Å². The molecular formula is C21H26N8. The van der Waals surface area contributed by atoms with Gasteiger partial charge in [-0.1, -0.05) is 0 Å². The van der Waals surface area contributed by atoms with E-state index in [9.17, 15) is 0 Å². The Kier molecular flexibility index (Phi) is 4.24. The number of aryl methyl sites for hydroxylation is 2. The number of aromatic nitrogens is 6. The van der Waals surface area contributed by atoms with Gasteiger partial charge in [0.2, 0.25) is 5.95 Å². The van der Waals surface area contributed by atoms with Gasteiger partial charge in [-0.25, -0.2) is 19.5 Å². The van der Waals surface area contributed by atoms with Gasteiger partial charge >= 0.3 is 0 Å². The minimum absolute atomic E-state index is 0.441. The molecule has 8 heteroatoms. The molecule has 29 heavy (non-hydrogen) atoms. The summed E-state index contributed by atoms with van der Waals surface area (Å²) in [7, 11) is 4.26. The summed E-state index contributed by atoms with van der Waals surface area (Å²) in [5.74, 6) is 1.66. The maximum Gasteiger partial charge on any atom is 0.241 e. The van der Waals surface area contributed by atoms with Crippen molar-refractivity contribution in [2.24, 2.45) is 0 Å². The average molecular weight is 390 g/mol. The van der Waals surface area contributed by atoms with Gasteiger partial charge in [-0.15, -0.1) is 5.10 Å². The Balaban J connectivity index is 1.44. The van der Waals surface area contributed by atoms with E-state index in [0.717, 1.165) is 53.1 Å². The van der Waals surface area contributed by atoms with Gasteiger partial charge in [0.05, 0.1) is 17.4 Å². The van der Waals surface area contributed by atoms with E-state index in [-0.39, 0.29) is 0 Å². The van der Waals surface area contributed by atoms with Crippen molar-refractivity contribution in [1.29, 1.82) is 0 Å². The van der Waals surface area contributed by atoms with Gasteiger partial charge in [0.1, 0.15) is 11.3 Å². The maximum absolute atomic E-state index is 4.89. The van der Waals surface area contributed by atoms with E-state index in [4.69, 9.17) is 4.98 Å². The molecule has 1 saturated carbocycles. The fraction of sp³-hybridized carbons (Fsp3) is 0.429. The van der Waals surface area contributed by atoms with E-state index in [1.807, 2.05) is 42.0 Å². The molecule has 5 rings (SSSR count). The minimum Gasteiger partial charge on any atom is -0.350 e. The van der Waals surface area contributed by atoms with Crippen LogP contribution in [0.5, 0.6) is 0 Å². The monoisotopic (exact) mass is 390 g/mol. The molecule has 1 N–H and O–H groups in total. The van der Waals surface area contributed by atoms with E-state index in [1.165, 1.54) is 0 Å². The molecule has 4 heterocycles. The predicted octanol–water partition coefficient (Wildman–Crippen LogP) is 2.97. The molecular weight excluding hydrogens is 364 g/mol. The molecule has 0 amide bonds. The first kappa shape index (κ1) is 18.1. The van der Waals surface area contributed by atoms with E-state index in [2.05, 4.69) is 50.9 Å². The van der Waals surface area contributed by atoms with Crippen LogP contribution in [0.2, 0.25) is 0 Å². The van der Waals surface area contributed by atoms with Crippen molar-refractivity contribution in [3.05, 3.63) is 36.4 Å². The maximum atomic E-state index is 4.89.